The second kappa shape index (κ2) is 7.66. The van der Waals surface area contributed by atoms with E-state index in [0.29, 0.717) is 22.1 Å². The SMILES string of the molecule is COc1ccccc1Nc1ncnc(Nc2ccc(Cl)cc2)c1[N+](=O)[O-]. The number of methoxy groups -OCH3 is 1. The molecule has 9 heteroatoms. The average molecular weight is 372 g/mol. The minimum absolute atomic E-state index is 0.0472. The van der Waals surface area contributed by atoms with Gasteiger partial charge >= 0.3 is 5.69 Å². The minimum Gasteiger partial charge on any atom is -0.495 e. The van der Waals surface area contributed by atoms with Crippen LogP contribution >= 0.6 is 11.6 Å². The van der Waals surface area contributed by atoms with Crippen LogP contribution in [-0.4, -0.2) is 22.0 Å². The molecule has 0 aliphatic rings. The molecule has 3 aromatic rings. The number of hydrogen-bond acceptors (Lipinski definition) is 7. The monoisotopic (exact) mass is 371 g/mol. The Morgan fingerprint density at radius 2 is 1.69 bits per heavy atom. The van der Waals surface area contributed by atoms with Gasteiger partial charge in [0.25, 0.3) is 0 Å². The van der Waals surface area contributed by atoms with Gasteiger partial charge in [0.1, 0.15) is 12.1 Å². The molecule has 0 saturated heterocycles. The maximum atomic E-state index is 11.6. The zero-order valence-corrected chi connectivity index (χ0v) is 14.4. The molecule has 0 aliphatic carbocycles. The van der Waals surface area contributed by atoms with Crippen molar-refractivity contribution in [2.45, 2.75) is 0 Å². The third-order valence-corrected chi connectivity index (χ3v) is 3.72. The lowest BCUT2D eigenvalue weighted by Gasteiger charge is -2.12. The summed E-state index contributed by atoms with van der Waals surface area (Å²) in [5, 5.41) is 18.0. The minimum atomic E-state index is -0.546. The lowest BCUT2D eigenvalue weighted by Crippen LogP contribution is -2.06. The Morgan fingerprint density at radius 3 is 2.35 bits per heavy atom. The van der Waals surface area contributed by atoms with Crippen molar-refractivity contribution >= 4 is 40.3 Å². The molecule has 0 atom stereocenters. The standard InChI is InChI=1S/C17H14ClN5O3/c1-26-14-5-3-2-4-13(14)22-17-15(23(24)25)16(19-10-20-17)21-12-8-6-11(18)7-9-12/h2-10H,1H3,(H2,19,20,21,22). The van der Waals surface area contributed by atoms with Gasteiger partial charge in [-0.05, 0) is 36.4 Å². The quantitative estimate of drug-likeness (QED) is 0.484. The van der Waals surface area contributed by atoms with Crippen LogP contribution in [0.25, 0.3) is 0 Å². The molecule has 0 radical (unpaired) electrons. The Morgan fingerprint density at radius 1 is 1.04 bits per heavy atom. The highest BCUT2D eigenvalue weighted by molar-refractivity contribution is 6.30. The largest absolute Gasteiger partial charge is 0.495 e. The van der Waals surface area contributed by atoms with Gasteiger partial charge in [0.05, 0.1) is 17.7 Å². The topological polar surface area (TPSA) is 102 Å². The summed E-state index contributed by atoms with van der Waals surface area (Å²) < 4.78 is 5.25. The highest BCUT2D eigenvalue weighted by Crippen LogP contribution is 2.35. The number of nitro groups is 1. The fraction of sp³-hybridized carbons (Fsp3) is 0.0588. The predicted molar refractivity (Wildman–Crippen MR) is 99.7 cm³/mol. The zero-order valence-electron chi connectivity index (χ0n) is 13.6. The maximum absolute atomic E-state index is 11.6. The van der Waals surface area contributed by atoms with Crippen molar-refractivity contribution in [3.8, 4) is 5.75 Å². The molecule has 0 saturated carbocycles. The molecule has 0 bridgehead atoms. The second-order valence-electron chi connectivity index (χ2n) is 5.13. The first-order valence-electron chi connectivity index (χ1n) is 7.50. The number of halogens is 1. The molecule has 132 valence electrons. The molecule has 0 unspecified atom stereocenters. The molecular formula is C17H14ClN5O3. The van der Waals surface area contributed by atoms with Gasteiger partial charge in [0.2, 0.25) is 11.6 Å². The number of aromatic nitrogens is 2. The number of nitrogens with one attached hydrogen (secondary N) is 2. The Kier molecular flexibility index (Phi) is 5.14. The summed E-state index contributed by atoms with van der Waals surface area (Å²) >= 11 is 5.86. The number of ether oxygens (including phenoxy) is 1. The van der Waals surface area contributed by atoms with Gasteiger partial charge in [-0.1, -0.05) is 23.7 Å². The van der Waals surface area contributed by atoms with Crippen LogP contribution < -0.4 is 15.4 Å². The Hall–Kier alpha value is -3.39. The van der Waals surface area contributed by atoms with E-state index in [-0.39, 0.29) is 17.3 Å². The fourth-order valence-electron chi connectivity index (χ4n) is 2.28. The first-order chi connectivity index (χ1) is 12.6. The summed E-state index contributed by atoms with van der Waals surface area (Å²) in [6, 6.07) is 13.8. The lowest BCUT2D eigenvalue weighted by atomic mass is 10.3. The highest BCUT2D eigenvalue weighted by Gasteiger charge is 2.24. The van der Waals surface area contributed by atoms with E-state index in [4.69, 9.17) is 16.3 Å². The number of para-hydroxylation sites is 2. The Bertz CT molecular complexity index is 934. The van der Waals surface area contributed by atoms with E-state index in [1.54, 1.807) is 48.5 Å². The molecule has 0 amide bonds. The van der Waals surface area contributed by atoms with E-state index in [0.717, 1.165) is 0 Å². The second-order valence-corrected chi connectivity index (χ2v) is 5.57. The molecule has 1 aromatic heterocycles. The number of nitrogens with zero attached hydrogens (tertiary/aromatic N) is 3. The van der Waals surface area contributed by atoms with Crippen LogP contribution in [-0.2, 0) is 0 Å². The zero-order chi connectivity index (χ0) is 18.5. The van der Waals surface area contributed by atoms with Crippen LogP contribution in [0, 0.1) is 10.1 Å². The van der Waals surface area contributed by atoms with E-state index in [2.05, 4.69) is 20.6 Å². The first kappa shape index (κ1) is 17.4. The third kappa shape index (κ3) is 3.81. The molecular weight excluding hydrogens is 358 g/mol. The summed E-state index contributed by atoms with van der Waals surface area (Å²) in [4.78, 5) is 19.1. The van der Waals surface area contributed by atoms with E-state index < -0.39 is 4.92 Å². The van der Waals surface area contributed by atoms with E-state index >= 15 is 0 Å². The summed E-state index contributed by atoms with van der Waals surface area (Å²) in [6.45, 7) is 0. The van der Waals surface area contributed by atoms with Crippen LogP contribution in [0.1, 0.15) is 0 Å². The number of benzene rings is 2. The number of anilines is 4. The Labute approximate surface area is 154 Å². The van der Waals surface area contributed by atoms with Crippen molar-refractivity contribution < 1.29 is 9.66 Å². The third-order valence-electron chi connectivity index (χ3n) is 3.47. The summed E-state index contributed by atoms with van der Waals surface area (Å²) in [6.07, 6.45) is 1.24. The molecule has 2 aromatic carbocycles. The van der Waals surface area contributed by atoms with Crippen molar-refractivity contribution in [1.82, 2.24) is 9.97 Å². The van der Waals surface area contributed by atoms with Crippen LogP contribution in [0.15, 0.2) is 54.9 Å². The maximum Gasteiger partial charge on any atom is 0.353 e. The lowest BCUT2D eigenvalue weighted by molar-refractivity contribution is -0.383. The summed E-state index contributed by atoms with van der Waals surface area (Å²) in [5.41, 5.74) is 0.877. The van der Waals surface area contributed by atoms with Crippen LogP contribution in [0.5, 0.6) is 5.75 Å². The molecule has 0 fully saturated rings. The highest BCUT2D eigenvalue weighted by atomic mass is 35.5. The van der Waals surface area contributed by atoms with Crippen LogP contribution in [0.3, 0.4) is 0 Å². The summed E-state index contributed by atoms with van der Waals surface area (Å²) in [5.74, 6) is 0.642. The average Bonchev–Trinajstić information content (AvgIpc) is 2.64. The van der Waals surface area contributed by atoms with Gasteiger partial charge in [0, 0.05) is 10.7 Å². The smallest absolute Gasteiger partial charge is 0.353 e. The molecule has 0 aliphatic heterocycles. The van der Waals surface area contributed by atoms with Crippen molar-refractivity contribution in [3.05, 3.63) is 70.0 Å². The van der Waals surface area contributed by atoms with Crippen molar-refractivity contribution in [3.63, 3.8) is 0 Å². The summed E-state index contributed by atoms with van der Waals surface area (Å²) in [7, 11) is 1.52. The first-order valence-corrected chi connectivity index (χ1v) is 7.88. The molecule has 1 heterocycles. The van der Waals surface area contributed by atoms with Gasteiger partial charge in [0.15, 0.2) is 0 Å². The Balaban J connectivity index is 1.98. The number of hydrogen-bond donors (Lipinski definition) is 2. The van der Waals surface area contributed by atoms with Crippen molar-refractivity contribution in [2.24, 2.45) is 0 Å². The van der Waals surface area contributed by atoms with E-state index in [1.807, 2.05) is 0 Å². The molecule has 8 nitrogen and oxygen atoms in total. The van der Waals surface area contributed by atoms with E-state index in [9.17, 15) is 10.1 Å². The molecule has 0 spiro atoms. The van der Waals surface area contributed by atoms with Gasteiger partial charge in [-0.3, -0.25) is 10.1 Å². The fourth-order valence-corrected chi connectivity index (χ4v) is 2.41. The van der Waals surface area contributed by atoms with Gasteiger partial charge in [-0.15, -0.1) is 0 Å². The van der Waals surface area contributed by atoms with Crippen LogP contribution in [0.2, 0.25) is 5.02 Å². The molecule has 2 N–H and O–H groups in total. The normalized spacial score (nSPS) is 10.2. The van der Waals surface area contributed by atoms with Crippen molar-refractivity contribution in [1.29, 1.82) is 0 Å². The molecule has 26 heavy (non-hydrogen) atoms. The van der Waals surface area contributed by atoms with Gasteiger partial charge < -0.3 is 15.4 Å². The predicted octanol–water partition coefficient (Wildman–Crippen LogP) is 4.53. The number of rotatable bonds is 6. The van der Waals surface area contributed by atoms with Gasteiger partial charge in [-0.2, -0.15) is 0 Å². The van der Waals surface area contributed by atoms with E-state index in [1.165, 1.54) is 13.4 Å². The molecule has 3 rings (SSSR count). The van der Waals surface area contributed by atoms with Crippen molar-refractivity contribution in [2.75, 3.05) is 17.7 Å². The van der Waals surface area contributed by atoms with Crippen LogP contribution in [0.4, 0.5) is 28.7 Å². The van der Waals surface area contributed by atoms with Gasteiger partial charge in [-0.25, -0.2) is 9.97 Å².